The van der Waals surface area contributed by atoms with E-state index >= 15 is 0 Å². The van der Waals surface area contributed by atoms with Gasteiger partial charge in [-0.05, 0) is 47.9 Å². The Morgan fingerprint density at radius 1 is 1.07 bits per heavy atom. The number of anilines is 1. The Balaban J connectivity index is 1.94. The molecule has 5 heteroatoms. The fourth-order valence-electron chi connectivity index (χ4n) is 3.00. The first kappa shape index (κ1) is 19.0. The molecule has 0 radical (unpaired) electrons. The Kier molecular flexibility index (Phi) is 6.14. The summed E-state index contributed by atoms with van der Waals surface area (Å²) in [6.45, 7) is 4.58. The van der Waals surface area contributed by atoms with Crippen LogP contribution in [0.15, 0.2) is 65.6 Å². The van der Waals surface area contributed by atoms with Crippen molar-refractivity contribution in [3.05, 3.63) is 82.3 Å². The number of nitrogens with zero attached hydrogens (tertiary/aromatic N) is 1. The summed E-state index contributed by atoms with van der Waals surface area (Å²) in [6, 6.07) is 19.5. The highest BCUT2D eigenvalue weighted by atomic mass is 28.2. The monoisotopic (exact) mass is 378 g/mol. The van der Waals surface area contributed by atoms with E-state index in [1.807, 2.05) is 43.5 Å². The molecule has 140 valence electrons. The Morgan fingerprint density at radius 2 is 1.85 bits per heavy atom. The molecule has 0 spiro atoms. The number of hydrogen-bond acceptors (Lipinski definition) is 3. The molecule has 0 unspecified atom stereocenters. The molecule has 0 bridgehead atoms. The molecule has 0 aliphatic carbocycles. The van der Waals surface area contributed by atoms with Gasteiger partial charge in [-0.3, -0.25) is 4.79 Å². The fourth-order valence-corrected chi connectivity index (χ4v) is 3.74. The Morgan fingerprint density at radius 3 is 2.56 bits per heavy atom. The lowest BCUT2D eigenvalue weighted by Crippen LogP contribution is -2.18. The maximum absolute atomic E-state index is 12.0. The summed E-state index contributed by atoms with van der Waals surface area (Å²) in [6.07, 6.45) is 1.88. The van der Waals surface area contributed by atoms with Crippen LogP contribution in [0.5, 0.6) is 5.75 Å². The summed E-state index contributed by atoms with van der Waals surface area (Å²) < 4.78 is 7.70. The lowest BCUT2D eigenvalue weighted by Gasteiger charge is -2.14. The third kappa shape index (κ3) is 4.89. The predicted molar refractivity (Wildman–Crippen MR) is 115 cm³/mol. The molecule has 0 saturated carbocycles. The minimum atomic E-state index is -0.336. The molecule has 0 amide bonds. The minimum absolute atomic E-state index is 0.0342. The quantitative estimate of drug-likeness (QED) is 0.635. The van der Waals surface area contributed by atoms with Gasteiger partial charge in [0.1, 0.15) is 22.0 Å². The van der Waals surface area contributed by atoms with Gasteiger partial charge in [-0.25, -0.2) is 0 Å². The topological polar surface area (TPSA) is 43.3 Å². The Labute approximate surface area is 162 Å². The molecule has 1 N–H and O–H groups in total. The molecular formula is C22H26N2O2Si. The summed E-state index contributed by atoms with van der Waals surface area (Å²) >= 11 is 0. The number of nitrogens with one attached hydrogen (secondary N) is 1. The second-order valence-corrected chi connectivity index (χ2v) is 8.63. The van der Waals surface area contributed by atoms with Crippen molar-refractivity contribution in [2.75, 3.05) is 4.98 Å². The standard InChI is InChI=1S/C22H26N2O2Si/c1-4-27-23-20-11-18(19-10-16(2)22(25)24(3)14-19)12-21(13-20)26-15-17-8-6-5-7-9-17/h5-14,23H,4,15,27H2,1-3H3. The van der Waals surface area contributed by atoms with Crippen molar-refractivity contribution < 1.29 is 4.74 Å². The van der Waals surface area contributed by atoms with Crippen LogP contribution in [0.4, 0.5) is 5.69 Å². The molecule has 0 fully saturated rings. The first-order valence-corrected chi connectivity index (χ1v) is 11.0. The average Bonchev–Trinajstić information content (AvgIpc) is 2.69. The van der Waals surface area contributed by atoms with Crippen molar-refractivity contribution in [1.82, 2.24) is 4.57 Å². The van der Waals surface area contributed by atoms with Crippen LogP contribution >= 0.6 is 0 Å². The van der Waals surface area contributed by atoms with E-state index in [0.717, 1.165) is 33.7 Å². The van der Waals surface area contributed by atoms with Crippen LogP contribution < -0.4 is 15.3 Å². The van der Waals surface area contributed by atoms with E-state index in [-0.39, 0.29) is 15.2 Å². The first-order valence-electron chi connectivity index (χ1n) is 9.30. The summed E-state index contributed by atoms with van der Waals surface area (Å²) in [5.41, 5.74) is 5.05. The van der Waals surface area contributed by atoms with Gasteiger partial charge in [-0.2, -0.15) is 0 Å². The van der Waals surface area contributed by atoms with E-state index in [9.17, 15) is 4.79 Å². The van der Waals surface area contributed by atoms with Gasteiger partial charge in [0.25, 0.3) is 5.56 Å². The maximum atomic E-state index is 12.0. The van der Waals surface area contributed by atoms with E-state index in [1.54, 1.807) is 11.6 Å². The van der Waals surface area contributed by atoms with Gasteiger partial charge in [0, 0.05) is 30.6 Å². The number of rotatable bonds is 7. The van der Waals surface area contributed by atoms with Gasteiger partial charge in [0.15, 0.2) is 0 Å². The lowest BCUT2D eigenvalue weighted by molar-refractivity contribution is 0.306. The largest absolute Gasteiger partial charge is 0.489 e. The van der Waals surface area contributed by atoms with E-state index in [4.69, 9.17) is 4.74 Å². The smallest absolute Gasteiger partial charge is 0.253 e. The summed E-state index contributed by atoms with van der Waals surface area (Å²) in [5.74, 6) is 0.829. The SMILES string of the molecule is CC[SiH2]Nc1cc(OCc2ccccc2)cc(-c2cc(C)c(=O)n(C)c2)c1. The van der Waals surface area contributed by atoms with Crippen molar-refractivity contribution in [2.24, 2.45) is 7.05 Å². The zero-order chi connectivity index (χ0) is 19.2. The molecule has 1 aromatic heterocycles. The third-order valence-corrected chi connectivity index (χ3v) is 5.59. The van der Waals surface area contributed by atoms with Crippen LogP contribution in [0.25, 0.3) is 11.1 Å². The van der Waals surface area contributed by atoms with Crippen LogP contribution in [-0.2, 0) is 13.7 Å². The number of aromatic nitrogens is 1. The van der Waals surface area contributed by atoms with Gasteiger partial charge >= 0.3 is 0 Å². The normalized spacial score (nSPS) is 11.1. The highest BCUT2D eigenvalue weighted by Crippen LogP contribution is 2.29. The Bertz CT molecular complexity index is 942. The summed E-state index contributed by atoms with van der Waals surface area (Å²) in [4.78, 5) is 15.6. The van der Waals surface area contributed by atoms with E-state index < -0.39 is 0 Å². The zero-order valence-electron chi connectivity index (χ0n) is 16.2. The first-order chi connectivity index (χ1) is 13.1. The van der Waals surface area contributed by atoms with Crippen molar-refractivity contribution in [2.45, 2.75) is 26.5 Å². The minimum Gasteiger partial charge on any atom is -0.489 e. The number of ether oxygens (including phenoxy) is 1. The lowest BCUT2D eigenvalue weighted by atomic mass is 10.0. The molecule has 3 rings (SSSR count). The van der Waals surface area contributed by atoms with Gasteiger partial charge in [-0.1, -0.05) is 37.3 Å². The van der Waals surface area contributed by atoms with Crippen LogP contribution in [0, 0.1) is 6.92 Å². The third-order valence-electron chi connectivity index (χ3n) is 4.43. The van der Waals surface area contributed by atoms with Crippen LogP contribution in [-0.4, -0.2) is 14.2 Å². The average molecular weight is 379 g/mol. The number of hydrogen-bond donors (Lipinski definition) is 1. The van der Waals surface area contributed by atoms with Crippen LogP contribution in [0.3, 0.4) is 0 Å². The summed E-state index contributed by atoms with van der Waals surface area (Å²) in [7, 11) is 1.45. The van der Waals surface area contributed by atoms with Crippen LogP contribution in [0.2, 0.25) is 6.04 Å². The van der Waals surface area contributed by atoms with Gasteiger partial charge < -0.3 is 14.3 Å². The highest BCUT2D eigenvalue weighted by molar-refractivity contribution is 6.40. The highest BCUT2D eigenvalue weighted by Gasteiger charge is 2.08. The molecule has 0 atom stereocenters. The van der Waals surface area contributed by atoms with Crippen molar-refractivity contribution in [3.63, 3.8) is 0 Å². The molecule has 0 aliphatic rings. The Hall–Kier alpha value is -2.79. The zero-order valence-corrected chi connectivity index (χ0v) is 17.6. The van der Waals surface area contributed by atoms with Crippen molar-refractivity contribution in [3.8, 4) is 16.9 Å². The predicted octanol–water partition coefficient (Wildman–Crippen LogP) is 3.87. The van der Waals surface area contributed by atoms with E-state index in [0.29, 0.717) is 6.61 Å². The number of benzene rings is 2. The second-order valence-electron chi connectivity index (χ2n) is 6.77. The van der Waals surface area contributed by atoms with Gasteiger partial charge in [0.2, 0.25) is 0 Å². The van der Waals surface area contributed by atoms with Crippen molar-refractivity contribution >= 4 is 15.4 Å². The molecule has 0 saturated heterocycles. The fraction of sp³-hybridized carbons (Fsp3) is 0.227. The molecule has 0 aliphatic heterocycles. The molecule has 2 aromatic carbocycles. The number of pyridine rings is 1. The van der Waals surface area contributed by atoms with Gasteiger partial charge in [0.05, 0.1) is 0 Å². The number of aryl methyl sites for hydroxylation is 2. The maximum Gasteiger partial charge on any atom is 0.253 e. The molecule has 27 heavy (non-hydrogen) atoms. The molecule has 4 nitrogen and oxygen atoms in total. The van der Waals surface area contributed by atoms with Gasteiger partial charge in [-0.15, -0.1) is 0 Å². The molecular weight excluding hydrogens is 352 g/mol. The summed E-state index contributed by atoms with van der Waals surface area (Å²) in [5, 5.41) is 0. The van der Waals surface area contributed by atoms with Crippen LogP contribution in [0.1, 0.15) is 18.1 Å². The van der Waals surface area contributed by atoms with E-state index in [2.05, 4.69) is 36.2 Å². The molecule has 1 heterocycles. The van der Waals surface area contributed by atoms with E-state index in [1.165, 1.54) is 6.04 Å². The second kappa shape index (κ2) is 8.73. The van der Waals surface area contributed by atoms with Crippen molar-refractivity contribution in [1.29, 1.82) is 0 Å². The molecule has 3 aromatic rings.